The zero-order chi connectivity index (χ0) is 13.6. The Morgan fingerprint density at radius 2 is 1.94 bits per heavy atom. The van der Waals surface area contributed by atoms with Crippen molar-refractivity contribution in [3.8, 4) is 0 Å². The summed E-state index contributed by atoms with van der Waals surface area (Å²) in [6.07, 6.45) is 0.364. The van der Waals surface area contributed by atoms with E-state index < -0.39 is 0 Å². The molecule has 0 fully saturated rings. The van der Waals surface area contributed by atoms with E-state index in [2.05, 4.69) is 5.32 Å². The number of hydrogen-bond acceptors (Lipinski definition) is 3. The molecule has 0 unspecified atom stereocenters. The van der Waals surface area contributed by atoms with Gasteiger partial charge in [-0.15, -0.1) is 0 Å². The summed E-state index contributed by atoms with van der Waals surface area (Å²) in [7, 11) is 0. The van der Waals surface area contributed by atoms with Crippen molar-refractivity contribution in [2.45, 2.75) is 32.8 Å². The maximum Gasteiger partial charge on any atom is 0.224 e. The molecule has 0 saturated heterocycles. The Kier molecular flexibility index (Phi) is 5.16. The van der Waals surface area contributed by atoms with Crippen molar-refractivity contribution < 1.29 is 9.53 Å². The number of carbonyl (C=O) groups excluding carboxylic acids is 1. The predicted molar refractivity (Wildman–Crippen MR) is 73.3 cm³/mol. The van der Waals surface area contributed by atoms with Crippen LogP contribution >= 0.6 is 0 Å². The van der Waals surface area contributed by atoms with E-state index >= 15 is 0 Å². The Balaban J connectivity index is 2.40. The summed E-state index contributed by atoms with van der Waals surface area (Å²) in [4.78, 5) is 11.8. The molecule has 0 aliphatic carbocycles. The van der Waals surface area contributed by atoms with Crippen LogP contribution in [0, 0.1) is 0 Å². The largest absolute Gasteiger partial charge is 0.399 e. The SMILES string of the molecule is CCOC(C)(C)CNC(=O)Cc1ccc(N)cc1. The van der Waals surface area contributed by atoms with Crippen molar-refractivity contribution in [3.05, 3.63) is 29.8 Å². The van der Waals surface area contributed by atoms with Gasteiger partial charge in [0.1, 0.15) is 0 Å². The lowest BCUT2D eigenvalue weighted by molar-refractivity contribution is -0.122. The number of ether oxygens (including phenoxy) is 1. The summed E-state index contributed by atoms with van der Waals surface area (Å²) in [5.41, 5.74) is 6.92. The molecule has 100 valence electrons. The van der Waals surface area contributed by atoms with E-state index in [4.69, 9.17) is 10.5 Å². The van der Waals surface area contributed by atoms with Crippen molar-refractivity contribution in [2.24, 2.45) is 0 Å². The van der Waals surface area contributed by atoms with Gasteiger partial charge in [0.05, 0.1) is 12.0 Å². The first-order valence-corrected chi connectivity index (χ1v) is 6.18. The second-order valence-corrected chi connectivity index (χ2v) is 4.89. The van der Waals surface area contributed by atoms with Crippen molar-refractivity contribution >= 4 is 11.6 Å². The first-order valence-electron chi connectivity index (χ1n) is 6.18. The van der Waals surface area contributed by atoms with E-state index in [1.807, 2.05) is 32.9 Å². The molecule has 0 heterocycles. The number of anilines is 1. The topological polar surface area (TPSA) is 64.3 Å². The van der Waals surface area contributed by atoms with Gasteiger partial charge in [0.15, 0.2) is 0 Å². The van der Waals surface area contributed by atoms with Gasteiger partial charge < -0.3 is 15.8 Å². The highest BCUT2D eigenvalue weighted by molar-refractivity contribution is 5.78. The Morgan fingerprint density at radius 3 is 2.50 bits per heavy atom. The molecule has 4 nitrogen and oxygen atoms in total. The van der Waals surface area contributed by atoms with Gasteiger partial charge in [0.2, 0.25) is 5.91 Å². The van der Waals surface area contributed by atoms with Crippen LogP contribution in [0.4, 0.5) is 5.69 Å². The lowest BCUT2D eigenvalue weighted by atomic mass is 10.1. The highest BCUT2D eigenvalue weighted by Crippen LogP contribution is 2.08. The third-order valence-electron chi connectivity index (χ3n) is 2.59. The average Bonchev–Trinajstić information content (AvgIpc) is 2.30. The molecule has 0 aliphatic heterocycles. The number of nitrogen functional groups attached to an aromatic ring is 1. The molecule has 0 bridgehead atoms. The predicted octanol–water partition coefficient (Wildman–Crippen LogP) is 1.74. The summed E-state index contributed by atoms with van der Waals surface area (Å²) < 4.78 is 5.51. The molecule has 4 heteroatoms. The van der Waals surface area contributed by atoms with E-state index in [9.17, 15) is 4.79 Å². The minimum atomic E-state index is -0.328. The van der Waals surface area contributed by atoms with Gasteiger partial charge in [-0.05, 0) is 38.5 Å². The number of hydrogen-bond donors (Lipinski definition) is 2. The molecule has 1 aromatic carbocycles. The van der Waals surface area contributed by atoms with E-state index in [1.165, 1.54) is 0 Å². The van der Waals surface area contributed by atoms with Gasteiger partial charge in [-0.3, -0.25) is 4.79 Å². The first kappa shape index (κ1) is 14.5. The Morgan fingerprint density at radius 1 is 1.33 bits per heavy atom. The van der Waals surface area contributed by atoms with Gasteiger partial charge in [-0.2, -0.15) is 0 Å². The van der Waals surface area contributed by atoms with Gasteiger partial charge >= 0.3 is 0 Å². The number of benzene rings is 1. The smallest absolute Gasteiger partial charge is 0.224 e. The standard InChI is InChI=1S/C14H22N2O2/c1-4-18-14(2,3)10-16-13(17)9-11-5-7-12(15)8-6-11/h5-8H,4,9-10,15H2,1-3H3,(H,16,17). The number of rotatable bonds is 6. The highest BCUT2D eigenvalue weighted by Gasteiger charge is 2.18. The molecule has 0 aliphatic rings. The van der Waals surface area contributed by atoms with Crippen LogP contribution in [0.15, 0.2) is 24.3 Å². The van der Waals surface area contributed by atoms with Gasteiger partial charge in [-0.25, -0.2) is 0 Å². The normalized spacial score (nSPS) is 11.3. The zero-order valence-electron chi connectivity index (χ0n) is 11.3. The van der Waals surface area contributed by atoms with Gasteiger partial charge in [0.25, 0.3) is 0 Å². The zero-order valence-corrected chi connectivity index (χ0v) is 11.3. The number of nitrogens with one attached hydrogen (secondary N) is 1. The van der Waals surface area contributed by atoms with E-state index in [-0.39, 0.29) is 11.5 Å². The third kappa shape index (κ3) is 5.19. The molecule has 18 heavy (non-hydrogen) atoms. The molecular weight excluding hydrogens is 228 g/mol. The third-order valence-corrected chi connectivity index (χ3v) is 2.59. The summed E-state index contributed by atoms with van der Waals surface area (Å²) in [6, 6.07) is 7.32. The number of amides is 1. The molecule has 0 aromatic heterocycles. The summed E-state index contributed by atoms with van der Waals surface area (Å²) in [6.45, 7) is 7.01. The average molecular weight is 250 g/mol. The van der Waals surface area contributed by atoms with Crippen LogP contribution in [0.5, 0.6) is 0 Å². The Bertz CT molecular complexity index is 385. The quantitative estimate of drug-likeness (QED) is 0.756. The minimum absolute atomic E-state index is 0.00690. The molecular formula is C14H22N2O2. The van der Waals surface area contributed by atoms with Crippen molar-refractivity contribution in [1.29, 1.82) is 0 Å². The minimum Gasteiger partial charge on any atom is -0.399 e. The summed E-state index contributed by atoms with van der Waals surface area (Å²) in [5.74, 6) is -0.00690. The molecule has 0 radical (unpaired) electrons. The molecule has 1 aromatic rings. The Hall–Kier alpha value is -1.55. The van der Waals surface area contributed by atoms with Crippen LogP contribution in [0.3, 0.4) is 0 Å². The van der Waals surface area contributed by atoms with Crippen molar-refractivity contribution in [1.82, 2.24) is 5.32 Å². The van der Waals surface area contributed by atoms with Crippen LogP contribution < -0.4 is 11.1 Å². The summed E-state index contributed by atoms with van der Waals surface area (Å²) >= 11 is 0. The van der Waals surface area contributed by atoms with E-state index in [1.54, 1.807) is 12.1 Å². The molecule has 1 rings (SSSR count). The fourth-order valence-corrected chi connectivity index (χ4v) is 1.64. The number of carbonyl (C=O) groups is 1. The second-order valence-electron chi connectivity index (χ2n) is 4.89. The lowest BCUT2D eigenvalue weighted by Crippen LogP contribution is -2.41. The first-order chi connectivity index (χ1) is 8.43. The Labute approximate surface area is 109 Å². The number of nitrogens with two attached hydrogens (primary N) is 1. The summed E-state index contributed by atoms with van der Waals surface area (Å²) in [5, 5.41) is 2.88. The van der Waals surface area contributed by atoms with Crippen LogP contribution in [0.2, 0.25) is 0 Å². The monoisotopic (exact) mass is 250 g/mol. The van der Waals surface area contributed by atoms with Gasteiger partial charge in [0, 0.05) is 18.8 Å². The van der Waals surface area contributed by atoms with E-state index in [0.29, 0.717) is 25.3 Å². The highest BCUT2D eigenvalue weighted by atomic mass is 16.5. The molecule has 0 saturated carbocycles. The lowest BCUT2D eigenvalue weighted by Gasteiger charge is -2.24. The van der Waals surface area contributed by atoms with Crippen LogP contribution in [-0.4, -0.2) is 24.7 Å². The molecule has 0 spiro atoms. The van der Waals surface area contributed by atoms with Crippen LogP contribution in [0.25, 0.3) is 0 Å². The molecule has 3 N–H and O–H groups in total. The fraction of sp³-hybridized carbons (Fsp3) is 0.500. The van der Waals surface area contributed by atoms with Gasteiger partial charge in [-0.1, -0.05) is 12.1 Å². The molecule has 1 amide bonds. The van der Waals surface area contributed by atoms with Crippen molar-refractivity contribution in [3.63, 3.8) is 0 Å². The van der Waals surface area contributed by atoms with Crippen LogP contribution in [-0.2, 0) is 16.0 Å². The van der Waals surface area contributed by atoms with Crippen LogP contribution in [0.1, 0.15) is 26.3 Å². The maximum absolute atomic E-state index is 11.8. The van der Waals surface area contributed by atoms with Crippen molar-refractivity contribution in [2.75, 3.05) is 18.9 Å². The fourth-order valence-electron chi connectivity index (χ4n) is 1.64. The second kappa shape index (κ2) is 6.40. The van der Waals surface area contributed by atoms with E-state index in [0.717, 1.165) is 5.56 Å². The molecule has 0 atom stereocenters. The maximum atomic E-state index is 11.8.